The highest BCUT2D eigenvalue weighted by Crippen LogP contribution is 2.18. The zero-order valence-electron chi connectivity index (χ0n) is 11.5. The number of sulfone groups is 1. The van der Waals surface area contributed by atoms with Crippen molar-refractivity contribution in [3.8, 4) is 0 Å². The van der Waals surface area contributed by atoms with Gasteiger partial charge in [-0.3, -0.25) is 9.58 Å². The third kappa shape index (κ3) is 4.95. The third-order valence-corrected chi connectivity index (χ3v) is 4.70. The van der Waals surface area contributed by atoms with Crippen LogP contribution in [0.2, 0.25) is 0 Å². The fourth-order valence-electron chi connectivity index (χ4n) is 2.72. The van der Waals surface area contributed by atoms with Crippen LogP contribution in [0, 0.1) is 0 Å². The summed E-state index contributed by atoms with van der Waals surface area (Å²) in [7, 11) is -2.84. The monoisotopic (exact) mass is 285 g/mol. The highest BCUT2D eigenvalue weighted by Gasteiger charge is 2.22. The number of likely N-dealkylation sites (tertiary alicyclic amines) is 1. The maximum absolute atomic E-state index is 11.2. The number of aromatic nitrogens is 2. The van der Waals surface area contributed by atoms with E-state index >= 15 is 0 Å². The van der Waals surface area contributed by atoms with Crippen molar-refractivity contribution >= 4 is 9.84 Å². The van der Waals surface area contributed by atoms with Crippen LogP contribution in [-0.2, 0) is 16.4 Å². The molecule has 1 aliphatic heterocycles. The highest BCUT2D eigenvalue weighted by atomic mass is 32.2. The van der Waals surface area contributed by atoms with E-state index < -0.39 is 9.84 Å². The summed E-state index contributed by atoms with van der Waals surface area (Å²) < 4.78 is 24.3. The molecule has 1 atom stereocenters. The van der Waals surface area contributed by atoms with Gasteiger partial charge in [0.2, 0.25) is 0 Å². The molecule has 2 rings (SSSR count). The van der Waals surface area contributed by atoms with Crippen molar-refractivity contribution in [3.63, 3.8) is 0 Å². The Morgan fingerprint density at radius 1 is 1.37 bits per heavy atom. The van der Waals surface area contributed by atoms with Gasteiger partial charge in [0.05, 0.1) is 12.3 Å². The Labute approximate surface area is 115 Å². The molecule has 0 amide bonds. The number of hydrogen-bond donors (Lipinski definition) is 0. The van der Waals surface area contributed by atoms with Gasteiger partial charge in [-0.2, -0.15) is 5.10 Å². The summed E-state index contributed by atoms with van der Waals surface area (Å²) in [5, 5.41) is 4.26. The van der Waals surface area contributed by atoms with E-state index in [-0.39, 0.29) is 5.75 Å². The van der Waals surface area contributed by atoms with Gasteiger partial charge in [0, 0.05) is 24.7 Å². The SMILES string of the molecule is CS(=O)(=O)CCCN1CCCC[C@@H]1Cn1cccn1. The predicted octanol–water partition coefficient (Wildman–Crippen LogP) is 1.17. The molecule has 5 nitrogen and oxygen atoms in total. The van der Waals surface area contributed by atoms with Gasteiger partial charge in [0.25, 0.3) is 0 Å². The van der Waals surface area contributed by atoms with Crippen LogP contribution in [0.15, 0.2) is 18.5 Å². The summed E-state index contributed by atoms with van der Waals surface area (Å²) in [5.41, 5.74) is 0. The smallest absolute Gasteiger partial charge is 0.147 e. The number of piperidine rings is 1. The van der Waals surface area contributed by atoms with Crippen molar-refractivity contribution in [2.75, 3.05) is 25.1 Å². The second-order valence-electron chi connectivity index (χ2n) is 5.40. The lowest BCUT2D eigenvalue weighted by atomic mass is 10.0. The minimum absolute atomic E-state index is 0.290. The van der Waals surface area contributed by atoms with Crippen LogP contribution in [0.5, 0.6) is 0 Å². The molecule has 0 radical (unpaired) electrons. The Morgan fingerprint density at radius 3 is 2.89 bits per heavy atom. The largest absolute Gasteiger partial charge is 0.299 e. The first-order chi connectivity index (χ1) is 9.04. The van der Waals surface area contributed by atoms with E-state index in [1.807, 2.05) is 16.9 Å². The van der Waals surface area contributed by atoms with E-state index in [0.29, 0.717) is 6.04 Å². The molecular formula is C13H23N3O2S. The zero-order valence-corrected chi connectivity index (χ0v) is 12.3. The van der Waals surface area contributed by atoms with Crippen LogP contribution in [0.1, 0.15) is 25.7 Å². The highest BCUT2D eigenvalue weighted by molar-refractivity contribution is 7.90. The Morgan fingerprint density at radius 2 is 2.21 bits per heavy atom. The van der Waals surface area contributed by atoms with Crippen molar-refractivity contribution in [1.29, 1.82) is 0 Å². The minimum atomic E-state index is -2.84. The van der Waals surface area contributed by atoms with Crippen LogP contribution < -0.4 is 0 Å². The van der Waals surface area contributed by atoms with Gasteiger partial charge < -0.3 is 0 Å². The molecule has 0 unspecified atom stereocenters. The molecule has 1 fully saturated rings. The molecule has 1 aromatic heterocycles. The first-order valence-electron chi connectivity index (χ1n) is 6.94. The van der Waals surface area contributed by atoms with Crippen molar-refractivity contribution < 1.29 is 8.42 Å². The molecule has 6 heteroatoms. The first kappa shape index (κ1) is 14.5. The van der Waals surface area contributed by atoms with Crippen molar-refractivity contribution in [2.45, 2.75) is 38.3 Å². The summed E-state index contributed by atoms with van der Waals surface area (Å²) in [6, 6.07) is 2.44. The van der Waals surface area contributed by atoms with Gasteiger partial charge in [-0.25, -0.2) is 8.42 Å². The molecule has 0 bridgehead atoms. The molecule has 0 spiro atoms. The second-order valence-corrected chi connectivity index (χ2v) is 7.66. The number of nitrogens with zero attached hydrogens (tertiary/aromatic N) is 3. The first-order valence-corrected chi connectivity index (χ1v) is 9.00. The van der Waals surface area contributed by atoms with Gasteiger partial charge in [-0.05, 0) is 38.4 Å². The van der Waals surface area contributed by atoms with E-state index in [2.05, 4.69) is 10.00 Å². The van der Waals surface area contributed by atoms with Gasteiger partial charge in [0.15, 0.2) is 0 Å². The summed E-state index contributed by atoms with van der Waals surface area (Å²) >= 11 is 0. The Hall–Kier alpha value is -0.880. The van der Waals surface area contributed by atoms with E-state index in [1.165, 1.54) is 25.5 Å². The molecule has 19 heavy (non-hydrogen) atoms. The van der Waals surface area contributed by atoms with Crippen molar-refractivity contribution in [2.24, 2.45) is 0 Å². The molecular weight excluding hydrogens is 262 g/mol. The van der Waals surface area contributed by atoms with E-state index in [9.17, 15) is 8.42 Å². The molecule has 0 saturated carbocycles. The molecule has 1 saturated heterocycles. The average Bonchev–Trinajstić information content (AvgIpc) is 2.82. The van der Waals surface area contributed by atoms with Crippen LogP contribution in [0.4, 0.5) is 0 Å². The Balaban J connectivity index is 1.85. The molecule has 2 heterocycles. The van der Waals surface area contributed by atoms with E-state index in [1.54, 1.807) is 6.20 Å². The van der Waals surface area contributed by atoms with Gasteiger partial charge in [-0.1, -0.05) is 6.42 Å². The molecule has 0 N–H and O–H groups in total. The second kappa shape index (κ2) is 6.52. The number of hydrogen-bond acceptors (Lipinski definition) is 4. The van der Waals surface area contributed by atoms with E-state index in [0.717, 1.165) is 26.1 Å². The van der Waals surface area contributed by atoms with Crippen LogP contribution >= 0.6 is 0 Å². The maximum Gasteiger partial charge on any atom is 0.147 e. The summed E-state index contributed by atoms with van der Waals surface area (Å²) in [4.78, 5) is 2.43. The van der Waals surface area contributed by atoms with Crippen LogP contribution in [-0.4, -0.2) is 54.2 Å². The van der Waals surface area contributed by atoms with Crippen LogP contribution in [0.25, 0.3) is 0 Å². The minimum Gasteiger partial charge on any atom is -0.299 e. The standard InChI is InChI=1S/C13H23N3O2S/c1-19(17,18)11-5-9-15-8-3-2-6-13(15)12-16-10-4-7-14-16/h4,7,10,13H,2-3,5-6,8-9,11-12H2,1H3/t13-/m1/s1. The molecule has 1 aromatic rings. The molecule has 108 valence electrons. The fourth-order valence-corrected chi connectivity index (χ4v) is 3.37. The lowest BCUT2D eigenvalue weighted by Crippen LogP contribution is -2.43. The Kier molecular flexibility index (Phi) is 4.99. The summed E-state index contributed by atoms with van der Waals surface area (Å²) in [5.74, 6) is 0.290. The third-order valence-electron chi connectivity index (χ3n) is 3.67. The van der Waals surface area contributed by atoms with Gasteiger partial charge >= 0.3 is 0 Å². The van der Waals surface area contributed by atoms with E-state index in [4.69, 9.17) is 0 Å². The lowest BCUT2D eigenvalue weighted by Gasteiger charge is -2.35. The molecule has 0 aromatic carbocycles. The lowest BCUT2D eigenvalue weighted by molar-refractivity contribution is 0.130. The number of rotatable bonds is 6. The normalized spacial score (nSPS) is 21.6. The van der Waals surface area contributed by atoms with Crippen molar-refractivity contribution in [1.82, 2.24) is 14.7 Å². The van der Waals surface area contributed by atoms with Crippen molar-refractivity contribution in [3.05, 3.63) is 18.5 Å². The van der Waals surface area contributed by atoms with Crippen LogP contribution in [0.3, 0.4) is 0 Å². The quantitative estimate of drug-likeness (QED) is 0.787. The maximum atomic E-state index is 11.2. The van der Waals surface area contributed by atoms with Gasteiger partial charge in [0.1, 0.15) is 9.84 Å². The molecule has 1 aliphatic rings. The zero-order chi connectivity index (χ0) is 13.7. The predicted molar refractivity (Wildman–Crippen MR) is 75.8 cm³/mol. The summed E-state index contributed by atoms with van der Waals surface area (Å²) in [6.45, 7) is 2.86. The average molecular weight is 285 g/mol. The Bertz CT molecular complexity index is 470. The van der Waals surface area contributed by atoms with Gasteiger partial charge in [-0.15, -0.1) is 0 Å². The fraction of sp³-hybridized carbons (Fsp3) is 0.769. The molecule has 0 aliphatic carbocycles. The summed E-state index contributed by atoms with van der Waals surface area (Å²) in [6.07, 6.45) is 9.49. The topological polar surface area (TPSA) is 55.2 Å².